The Labute approximate surface area is 99.9 Å². The van der Waals surface area contributed by atoms with Gasteiger partial charge in [-0.1, -0.05) is 36.9 Å². The van der Waals surface area contributed by atoms with Crippen molar-refractivity contribution < 1.29 is 0 Å². The van der Waals surface area contributed by atoms with E-state index in [2.05, 4.69) is 11.7 Å². The highest BCUT2D eigenvalue weighted by atomic mass is 15.3. The zero-order chi connectivity index (χ0) is 12.3. The van der Waals surface area contributed by atoms with Crippen LogP contribution in [-0.2, 0) is 6.54 Å². The average molecular weight is 226 g/mol. The van der Waals surface area contributed by atoms with Crippen LogP contribution in [0.2, 0.25) is 0 Å². The van der Waals surface area contributed by atoms with E-state index in [1.165, 1.54) is 10.8 Å². The van der Waals surface area contributed by atoms with Crippen molar-refractivity contribution in [3.63, 3.8) is 0 Å². The zero-order valence-corrected chi connectivity index (χ0v) is 9.43. The molecule has 1 heterocycles. The van der Waals surface area contributed by atoms with Crippen molar-refractivity contribution in [2.24, 2.45) is 5.73 Å². The summed E-state index contributed by atoms with van der Waals surface area (Å²) in [7, 11) is 0. The van der Waals surface area contributed by atoms with Crippen molar-refractivity contribution in [2.75, 3.05) is 0 Å². The predicted molar refractivity (Wildman–Crippen MR) is 68.9 cm³/mol. The van der Waals surface area contributed by atoms with E-state index in [9.17, 15) is 0 Å². The molecule has 0 unspecified atom stereocenters. The van der Waals surface area contributed by atoms with Gasteiger partial charge in [-0.2, -0.15) is 5.10 Å². The molecule has 2 rings (SSSR count). The lowest BCUT2D eigenvalue weighted by Gasteiger charge is -1.98. The van der Waals surface area contributed by atoms with Gasteiger partial charge in [0.25, 0.3) is 0 Å². The molecule has 0 bridgehead atoms. The number of nitrogens with two attached hydrogens (primary N) is 1. The van der Waals surface area contributed by atoms with Crippen LogP contribution in [0.15, 0.2) is 49.2 Å². The van der Waals surface area contributed by atoms with Crippen LogP contribution in [0.5, 0.6) is 0 Å². The summed E-state index contributed by atoms with van der Waals surface area (Å²) in [5.41, 5.74) is 8.43. The van der Waals surface area contributed by atoms with E-state index in [1.807, 2.05) is 30.3 Å². The van der Waals surface area contributed by atoms with Crippen LogP contribution >= 0.6 is 0 Å². The van der Waals surface area contributed by atoms with E-state index >= 15 is 0 Å². The molecule has 86 valence electrons. The molecule has 0 aliphatic rings. The largest absolute Gasteiger partial charge is 0.326 e. The molecule has 0 radical (unpaired) electrons. The van der Waals surface area contributed by atoms with Crippen LogP contribution in [0.4, 0.5) is 0 Å². The number of nitrogens with zero attached hydrogens (tertiary/aromatic N) is 2. The maximum absolute atomic E-state index is 7.67. The molecule has 0 saturated carbocycles. The molecule has 1 aromatic carbocycles. The Hall–Kier alpha value is -2.20. The SMILES string of the molecule is C=CC(=N)n1cc(CN)c(-c2ccccc2)n1. The molecular weight excluding hydrogens is 212 g/mol. The quantitative estimate of drug-likeness (QED) is 0.621. The van der Waals surface area contributed by atoms with Gasteiger partial charge in [-0.05, 0) is 6.08 Å². The van der Waals surface area contributed by atoms with Gasteiger partial charge in [-0.15, -0.1) is 0 Å². The van der Waals surface area contributed by atoms with E-state index in [-0.39, 0.29) is 5.84 Å². The number of hydrogen-bond acceptors (Lipinski definition) is 3. The fourth-order valence-electron chi connectivity index (χ4n) is 1.62. The molecule has 0 amide bonds. The standard InChI is InChI=1S/C13H14N4/c1-2-12(15)17-9-11(8-14)13(16-17)10-6-4-3-5-7-10/h2-7,9,15H,1,8,14H2. The number of allylic oxidation sites excluding steroid dienone is 1. The third-order valence-electron chi connectivity index (χ3n) is 2.50. The molecule has 0 aliphatic carbocycles. The Balaban J connectivity index is 2.50. The lowest BCUT2D eigenvalue weighted by atomic mass is 10.1. The van der Waals surface area contributed by atoms with Gasteiger partial charge in [0.2, 0.25) is 0 Å². The second kappa shape index (κ2) is 4.76. The number of aromatic nitrogens is 2. The number of benzene rings is 1. The molecule has 3 N–H and O–H groups in total. The zero-order valence-electron chi connectivity index (χ0n) is 9.43. The molecule has 0 saturated heterocycles. The fourth-order valence-corrected chi connectivity index (χ4v) is 1.62. The van der Waals surface area contributed by atoms with Gasteiger partial charge < -0.3 is 5.73 Å². The first-order chi connectivity index (χ1) is 8.26. The summed E-state index contributed by atoms with van der Waals surface area (Å²) in [6.45, 7) is 3.96. The summed E-state index contributed by atoms with van der Waals surface area (Å²) < 4.78 is 1.48. The lowest BCUT2D eigenvalue weighted by molar-refractivity contribution is 0.933. The van der Waals surface area contributed by atoms with Gasteiger partial charge in [0.05, 0.1) is 5.69 Å². The Morgan fingerprint density at radius 1 is 1.41 bits per heavy atom. The molecule has 1 aromatic heterocycles. The van der Waals surface area contributed by atoms with Crippen molar-refractivity contribution in [2.45, 2.75) is 6.54 Å². The highest BCUT2D eigenvalue weighted by Gasteiger charge is 2.10. The minimum atomic E-state index is 0.238. The summed E-state index contributed by atoms with van der Waals surface area (Å²) >= 11 is 0. The van der Waals surface area contributed by atoms with E-state index in [0.29, 0.717) is 6.54 Å². The third kappa shape index (κ3) is 2.16. The van der Waals surface area contributed by atoms with Crippen LogP contribution < -0.4 is 5.73 Å². The summed E-state index contributed by atoms with van der Waals surface area (Å²) in [5.74, 6) is 0.238. The smallest absolute Gasteiger partial charge is 0.145 e. The normalized spacial score (nSPS) is 10.2. The summed E-state index contributed by atoms with van der Waals surface area (Å²) in [4.78, 5) is 0. The second-order valence-electron chi connectivity index (χ2n) is 3.61. The second-order valence-corrected chi connectivity index (χ2v) is 3.61. The Bertz CT molecular complexity index is 540. The molecular formula is C13H14N4. The first-order valence-electron chi connectivity index (χ1n) is 5.31. The van der Waals surface area contributed by atoms with E-state index in [1.54, 1.807) is 6.20 Å². The monoisotopic (exact) mass is 226 g/mol. The minimum Gasteiger partial charge on any atom is -0.326 e. The summed E-state index contributed by atoms with van der Waals surface area (Å²) in [6, 6.07) is 9.81. The molecule has 4 nitrogen and oxygen atoms in total. The van der Waals surface area contributed by atoms with Gasteiger partial charge in [-0.25, -0.2) is 4.68 Å². The first-order valence-corrected chi connectivity index (χ1v) is 5.31. The summed E-state index contributed by atoms with van der Waals surface area (Å²) in [5, 5.41) is 12.0. The van der Waals surface area contributed by atoms with Crippen molar-refractivity contribution in [3.05, 3.63) is 54.7 Å². The van der Waals surface area contributed by atoms with Gasteiger partial charge in [0.1, 0.15) is 5.84 Å². The first kappa shape index (κ1) is 11.3. The van der Waals surface area contributed by atoms with Crippen LogP contribution in [-0.4, -0.2) is 15.6 Å². The van der Waals surface area contributed by atoms with E-state index in [0.717, 1.165) is 16.8 Å². The highest BCUT2D eigenvalue weighted by molar-refractivity contribution is 5.91. The molecule has 0 spiro atoms. The van der Waals surface area contributed by atoms with Gasteiger partial charge in [0.15, 0.2) is 0 Å². The topological polar surface area (TPSA) is 67.7 Å². The van der Waals surface area contributed by atoms with Crippen LogP contribution in [0, 0.1) is 5.41 Å². The minimum absolute atomic E-state index is 0.238. The van der Waals surface area contributed by atoms with Crippen LogP contribution in [0.3, 0.4) is 0 Å². The molecule has 0 aliphatic heterocycles. The molecule has 0 atom stereocenters. The van der Waals surface area contributed by atoms with Crippen molar-refractivity contribution in [1.82, 2.24) is 9.78 Å². The highest BCUT2D eigenvalue weighted by Crippen LogP contribution is 2.21. The van der Waals surface area contributed by atoms with Gasteiger partial charge in [0, 0.05) is 23.9 Å². The van der Waals surface area contributed by atoms with Crippen LogP contribution in [0.25, 0.3) is 11.3 Å². The van der Waals surface area contributed by atoms with E-state index < -0.39 is 0 Å². The number of nitrogens with one attached hydrogen (secondary N) is 1. The molecule has 2 aromatic rings. The maximum atomic E-state index is 7.67. The predicted octanol–water partition coefficient (Wildman–Crippen LogP) is 2.02. The molecule has 0 fully saturated rings. The third-order valence-corrected chi connectivity index (χ3v) is 2.50. The maximum Gasteiger partial charge on any atom is 0.145 e. The lowest BCUT2D eigenvalue weighted by Crippen LogP contribution is -2.07. The summed E-state index contributed by atoms with van der Waals surface area (Å²) in [6.07, 6.45) is 3.22. The number of rotatable bonds is 3. The van der Waals surface area contributed by atoms with Gasteiger partial charge >= 0.3 is 0 Å². The van der Waals surface area contributed by atoms with Crippen molar-refractivity contribution in [3.8, 4) is 11.3 Å². The Morgan fingerprint density at radius 3 is 2.71 bits per heavy atom. The van der Waals surface area contributed by atoms with Gasteiger partial charge in [-0.3, -0.25) is 5.41 Å². The van der Waals surface area contributed by atoms with Crippen molar-refractivity contribution >= 4 is 5.84 Å². The van der Waals surface area contributed by atoms with E-state index in [4.69, 9.17) is 11.1 Å². The Kier molecular flexibility index (Phi) is 3.16. The fraction of sp³-hybridized carbons (Fsp3) is 0.0769. The average Bonchev–Trinajstić information content (AvgIpc) is 2.83. The molecule has 4 heteroatoms. The Morgan fingerprint density at radius 2 is 2.12 bits per heavy atom. The van der Waals surface area contributed by atoms with Crippen molar-refractivity contribution in [1.29, 1.82) is 5.41 Å². The van der Waals surface area contributed by atoms with Crippen LogP contribution in [0.1, 0.15) is 5.56 Å². The number of hydrogen-bond donors (Lipinski definition) is 2. The molecule has 17 heavy (non-hydrogen) atoms.